The minimum Gasteiger partial charge on any atom is -0.493 e. The Hall–Kier alpha value is -2.30. The zero-order valence-electron chi connectivity index (χ0n) is 9.21. The standard InChI is InChI=1S/C12H13N3O2/c16-11-5-4-10(8-13-11)12(17)14-9-15-6-2-1-3-7-15/h1-6,8H,7,9H2,(H,13,16)(H,14,17). The fraction of sp³-hybridized carbons (Fsp3) is 0.167. The van der Waals surface area contributed by atoms with E-state index in [4.69, 9.17) is 5.11 Å². The van der Waals surface area contributed by atoms with Crippen LogP contribution in [0, 0.1) is 0 Å². The van der Waals surface area contributed by atoms with Crippen LogP contribution in [0.1, 0.15) is 10.4 Å². The molecule has 0 atom stereocenters. The van der Waals surface area contributed by atoms with E-state index in [2.05, 4.69) is 10.3 Å². The van der Waals surface area contributed by atoms with Crippen molar-refractivity contribution < 1.29 is 9.90 Å². The lowest BCUT2D eigenvalue weighted by Gasteiger charge is -2.20. The minimum atomic E-state index is -0.208. The molecule has 0 saturated carbocycles. The van der Waals surface area contributed by atoms with Gasteiger partial charge in [0.05, 0.1) is 12.2 Å². The third kappa shape index (κ3) is 3.07. The third-order valence-corrected chi connectivity index (χ3v) is 2.34. The number of carbonyl (C=O) groups excluding carboxylic acids is 1. The summed E-state index contributed by atoms with van der Waals surface area (Å²) in [4.78, 5) is 17.3. The van der Waals surface area contributed by atoms with Gasteiger partial charge >= 0.3 is 0 Å². The number of hydrogen-bond acceptors (Lipinski definition) is 4. The number of amides is 1. The topological polar surface area (TPSA) is 65.5 Å². The number of aromatic nitrogens is 1. The van der Waals surface area contributed by atoms with Crippen LogP contribution in [0.5, 0.6) is 5.88 Å². The summed E-state index contributed by atoms with van der Waals surface area (Å²) in [5.74, 6) is -0.300. The molecule has 5 nitrogen and oxygen atoms in total. The highest BCUT2D eigenvalue weighted by Gasteiger charge is 2.07. The molecule has 0 aliphatic carbocycles. The highest BCUT2D eigenvalue weighted by atomic mass is 16.3. The van der Waals surface area contributed by atoms with Crippen LogP contribution >= 0.6 is 0 Å². The molecular formula is C12H13N3O2. The number of carbonyl (C=O) groups is 1. The number of allylic oxidation sites excluding steroid dienone is 2. The van der Waals surface area contributed by atoms with Crippen molar-refractivity contribution in [1.29, 1.82) is 0 Å². The first-order valence-electron chi connectivity index (χ1n) is 5.26. The van der Waals surface area contributed by atoms with E-state index in [1.807, 2.05) is 29.3 Å². The Bertz CT molecular complexity index is 451. The van der Waals surface area contributed by atoms with Gasteiger partial charge in [-0.3, -0.25) is 4.79 Å². The van der Waals surface area contributed by atoms with E-state index < -0.39 is 0 Å². The summed E-state index contributed by atoms with van der Waals surface area (Å²) in [5.41, 5.74) is 0.430. The van der Waals surface area contributed by atoms with Gasteiger partial charge in [0.15, 0.2) is 0 Å². The number of rotatable bonds is 3. The monoisotopic (exact) mass is 231 g/mol. The van der Waals surface area contributed by atoms with Gasteiger partial charge in [-0.1, -0.05) is 12.2 Å². The maximum Gasteiger partial charge on any atom is 0.254 e. The summed E-state index contributed by atoms with van der Waals surface area (Å²) >= 11 is 0. The summed E-state index contributed by atoms with van der Waals surface area (Å²) < 4.78 is 0. The van der Waals surface area contributed by atoms with Gasteiger partial charge in [0.1, 0.15) is 0 Å². The number of pyridine rings is 1. The molecular weight excluding hydrogens is 218 g/mol. The van der Waals surface area contributed by atoms with Crippen molar-refractivity contribution in [3.63, 3.8) is 0 Å². The molecule has 1 aromatic heterocycles. The highest BCUT2D eigenvalue weighted by molar-refractivity contribution is 5.93. The summed E-state index contributed by atoms with van der Waals surface area (Å²) in [6.45, 7) is 1.23. The molecule has 1 aromatic rings. The molecule has 5 heteroatoms. The second kappa shape index (κ2) is 5.16. The van der Waals surface area contributed by atoms with Crippen LogP contribution in [0.3, 0.4) is 0 Å². The van der Waals surface area contributed by atoms with Gasteiger partial charge in [0.25, 0.3) is 5.91 Å². The second-order valence-corrected chi connectivity index (χ2v) is 3.61. The van der Waals surface area contributed by atoms with E-state index in [0.29, 0.717) is 12.2 Å². The van der Waals surface area contributed by atoms with Gasteiger partial charge in [-0.15, -0.1) is 0 Å². The molecule has 88 valence electrons. The predicted octanol–water partition coefficient (Wildman–Crippen LogP) is 0.860. The van der Waals surface area contributed by atoms with Crippen LogP contribution in [-0.4, -0.2) is 34.1 Å². The van der Waals surface area contributed by atoms with Gasteiger partial charge in [-0.2, -0.15) is 0 Å². The molecule has 2 heterocycles. The van der Waals surface area contributed by atoms with Gasteiger partial charge < -0.3 is 15.3 Å². The van der Waals surface area contributed by atoms with Crippen LogP contribution in [-0.2, 0) is 0 Å². The Labute approximate surface area is 99.1 Å². The van der Waals surface area contributed by atoms with Crippen LogP contribution in [0.2, 0.25) is 0 Å². The molecule has 1 aliphatic heterocycles. The normalized spacial score (nSPS) is 13.8. The predicted molar refractivity (Wildman–Crippen MR) is 63.2 cm³/mol. The summed E-state index contributed by atoms with van der Waals surface area (Å²) in [5, 5.41) is 11.8. The van der Waals surface area contributed by atoms with Crippen molar-refractivity contribution in [3.05, 3.63) is 48.3 Å². The van der Waals surface area contributed by atoms with E-state index in [0.717, 1.165) is 6.54 Å². The largest absolute Gasteiger partial charge is 0.493 e. The summed E-state index contributed by atoms with van der Waals surface area (Å²) in [6, 6.07) is 2.92. The SMILES string of the molecule is O=C(NCN1C=CC=CC1)c1ccc(O)nc1. The average molecular weight is 231 g/mol. The highest BCUT2D eigenvalue weighted by Crippen LogP contribution is 2.04. The Morgan fingerprint density at radius 3 is 3.00 bits per heavy atom. The molecule has 0 aromatic carbocycles. The van der Waals surface area contributed by atoms with Crippen LogP contribution in [0.15, 0.2) is 42.8 Å². The zero-order chi connectivity index (χ0) is 12.1. The van der Waals surface area contributed by atoms with Gasteiger partial charge in [-0.25, -0.2) is 4.98 Å². The van der Waals surface area contributed by atoms with Gasteiger partial charge in [-0.05, 0) is 12.1 Å². The smallest absolute Gasteiger partial charge is 0.254 e. The zero-order valence-corrected chi connectivity index (χ0v) is 9.21. The van der Waals surface area contributed by atoms with Crippen molar-refractivity contribution in [2.24, 2.45) is 0 Å². The van der Waals surface area contributed by atoms with E-state index in [9.17, 15) is 4.79 Å². The number of hydrogen-bond donors (Lipinski definition) is 2. The quantitative estimate of drug-likeness (QED) is 0.809. The van der Waals surface area contributed by atoms with E-state index in [1.165, 1.54) is 18.3 Å². The molecule has 0 unspecified atom stereocenters. The average Bonchev–Trinajstić information content (AvgIpc) is 2.38. The van der Waals surface area contributed by atoms with Crippen molar-refractivity contribution in [3.8, 4) is 5.88 Å². The lowest BCUT2D eigenvalue weighted by molar-refractivity contribution is 0.0936. The van der Waals surface area contributed by atoms with Crippen molar-refractivity contribution in [1.82, 2.24) is 15.2 Å². The van der Waals surface area contributed by atoms with Crippen molar-refractivity contribution in [2.75, 3.05) is 13.2 Å². The molecule has 1 amide bonds. The Morgan fingerprint density at radius 2 is 2.35 bits per heavy atom. The summed E-state index contributed by atoms with van der Waals surface area (Å²) in [6.07, 6.45) is 9.14. The molecule has 2 rings (SSSR count). The Kier molecular flexibility index (Phi) is 3.40. The van der Waals surface area contributed by atoms with Gasteiger partial charge in [0.2, 0.25) is 5.88 Å². The first-order chi connectivity index (χ1) is 8.25. The lowest BCUT2D eigenvalue weighted by Crippen LogP contribution is -2.35. The maximum atomic E-state index is 11.7. The fourth-order valence-corrected chi connectivity index (χ4v) is 1.42. The molecule has 1 aliphatic rings. The first-order valence-corrected chi connectivity index (χ1v) is 5.26. The molecule has 0 saturated heterocycles. The lowest BCUT2D eigenvalue weighted by atomic mass is 10.2. The Morgan fingerprint density at radius 1 is 1.47 bits per heavy atom. The van der Waals surface area contributed by atoms with Crippen LogP contribution in [0.25, 0.3) is 0 Å². The summed E-state index contributed by atoms with van der Waals surface area (Å²) in [7, 11) is 0. The molecule has 0 fully saturated rings. The number of aromatic hydroxyl groups is 1. The van der Waals surface area contributed by atoms with Gasteiger partial charge in [0, 0.05) is 25.0 Å². The van der Waals surface area contributed by atoms with Crippen molar-refractivity contribution >= 4 is 5.91 Å². The van der Waals surface area contributed by atoms with E-state index in [-0.39, 0.29) is 11.8 Å². The molecule has 2 N–H and O–H groups in total. The maximum absolute atomic E-state index is 11.7. The van der Waals surface area contributed by atoms with E-state index >= 15 is 0 Å². The van der Waals surface area contributed by atoms with Crippen LogP contribution < -0.4 is 5.32 Å². The number of nitrogens with zero attached hydrogens (tertiary/aromatic N) is 2. The number of nitrogens with one attached hydrogen (secondary N) is 1. The molecule has 0 bridgehead atoms. The molecule has 0 radical (unpaired) electrons. The first kappa shape index (κ1) is 11.2. The third-order valence-electron chi connectivity index (χ3n) is 2.34. The minimum absolute atomic E-state index is 0.0920. The van der Waals surface area contributed by atoms with Crippen LogP contribution in [0.4, 0.5) is 0 Å². The van der Waals surface area contributed by atoms with E-state index in [1.54, 1.807) is 0 Å². The van der Waals surface area contributed by atoms with Crippen molar-refractivity contribution in [2.45, 2.75) is 0 Å². The molecule has 0 spiro atoms. The fourth-order valence-electron chi connectivity index (χ4n) is 1.42. The molecule has 17 heavy (non-hydrogen) atoms. The Balaban J connectivity index is 1.87. The second-order valence-electron chi connectivity index (χ2n) is 3.61.